The van der Waals surface area contributed by atoms with E-state index in [9.17, 15) is 9.59 Å². The lowest BCUT2D eigenvalue weighted by Crippen LogP contribution is -2.50. The standard InChI is InChI=1S/C35H47N7O3/c1-24(2)41(25(3)4)20-18-38-34(43)33-30-16-15-29(45-23-26-11-7-5-8-12-26)21-28(30)17-19-42(33)35(44)31(22-32(36)39-40-37)27-13-9-6-10-14-27/h5-16,21,24-25,31,33,40H,17-20,22-23,37H2,1-4H3,(H2,36,39)(H,38,43). The van der Waals surface area contributed by atoms with E-state index in [1.165, 1.54) is 0 Å². The Hall–Kier alpha value is -4.41. The van der Waals surface area contributed by atoms with Gasteiger partial charge in [0.1, 0.15) is 24.2 Å². The highest BCUT2D eigenvalue weighted by molar-refractivity contribution is 5.95. The van der Waals surface area contributed by atoms with Crippen LogP contribution < -0.4 is 27.2 Å². The number of benzene rings is 3. The molecular weight excluding hydrogens is 566 g/mol. The highest BCUT2D eigenvalue weighted by Gasteiger charge is 2.39. The lowest BCUT2D eigenvalue weighted by atomic mass is 9.88. The predicted molar refractivity (Wildman–Crippen MR) is 178 cm³/mol. The lowest BCUT2D eigenvalue weighted by molar-refractivity contribution is -0.142. The minimum Gasteiger partial charge on any atom is -0.489 e. The largest absolute Gasteiger partial charge is 0.489 e. The maximum absolute atomic E-state index is 14.4. The van der Waals surface area contributed by atoms with E-state index in [0.717, 1.165) is 28.0 Å². The van der Waals surface area contributed by atoms with Crippen molar-refractivity contribution in [1.29, 1.82) is 0 Å². The molecule has 4 rings (SSSR count). The molecule has 0 bridgehead atoms. The minimum atomic E-state index is -0.812. The quantitative estimate of drug-likeness (QED) is 0.0938. The molecule has 45 heavy (non-hydrogen) atoms. The Kier molecular flexibility index (Phi) is 11.9. The number of hydrazone groups is 1. The normalized spacial score (nSPS) is 15.6. The van der Waals surface area contributed by atoms with Gasteiger partial charge in [-0.1, -0.05) is 66.7 Å². The highest BCUT2D eigenvalue weighted by Crippen LogP contribution is 2.36. The van der Waals surface area contributed by atoms with Crippen LogP contribution in [0.2, 0.25) is 0 Å². The number of hydrogen-bond donors (Lipinski definition) is 4. The van der Waals surface area contributed by atoms with Crippen LogP contribution in [-0.2, 0) is 22.6 Å². The monoisotopic (exact) mass is 613 g/mol. The van der Waals surface area contributed by atoms with Crippen molar-refractivity contribution < 1.29 is 14.3 Å². The molecule has 2 atom stereocenters. The number of nitrogens with zero attached hydrogens (tertiary/aromatic N) is 3. The Balaban J connectivity index is 1.63. The molecule has 1 aliphatic rings. The summed E-state index contributed by atoms with van der Waals surface area (Å²) in [6.07, 6.45) is 0.728. The molecular formula is C35H47N7O3. The molecule has 6 N–H and O–H groups in total. The van der Waals surface area contributed by atoms with Gasteiger partial charge in [0.05, 0.1) is 5.92 Å². The van der Waals surface area contributed by atoms with Crippen LogP contribution in [-0.4, -0.2) is 59.2 Å². The van der Waals surface area contributed by atoms with E-state index >= 15 is 0 Å². The fourth-order valence-corrected chi connectivity index (χ4v) is 6.04. The van der Waals surface area contributed by atoms with Crippen molar-refractivity contribution in [3.63, 3.8) is 0 Å². The first-order valence-electron chi connectivity index (χ1n) is 15.7. The smallest absolute Gasteiger partial charge is 0.247 e. The van der Waals surface area contributed by atoms with E-state index in [1.807, 2.05) is 78.9 Å². The maximum Gasteiger partial charge on any atom is 0.247 e. The SMILES string of the molecule is CC(C)N(CCNC(=O)C1c2ccc(OCc3ccccc3)cc2CCN1C(=O)C(C/C(N)=N/NN)c1ccccc1)C(C)C. The molecule has 2 amide bonds. The number of rotatable bonds is 14. The molecule has 10 heteroatoms. The summed E-state index contributed by atoms with van der Waals surface area (Å²) >= 11 is 0. The van der Waals surface area contributed by atoms with Gasteiger partial charge in [-0.2, -0.15) is 5.10 Å². The Morgan fingerprint density at radius 1 is 1.00 bits per heavy atom. The summed E-state index contributed by atoms with van der Waals surface area (Å²) in [6.45, 7) is 10.6. The second-order valence-electron chi connectivity index (χ2n) is 11.9. The van der Waals surface area contributed by atoms with E-state index in [-0.39, 0.29) is 24.1 Å². The third-order valence-electron chi connectivity index (χ3n) is 8.24. The van der Waals surface area contributed by atoms with Crippen molar-refractivity contribution >= 4 is 17.6 Å². The first-order chi connectivity index (χ1) is 21.7. The summed E-state index contributed by atoms with van der Waals surface area (Å²) in [6, 6.07) is 25.1. The van der Waals surface area contributed by atoms with E-state index in [4.69, 9.17) is 16.3 Å². The third kappa shape index (κ3) is 8.83. The molecule has 2 unspecified atom stereocenters. The molecule has 3 aromatic rings. The van der Waals surface area contributed by atoms with Crippen LogP contribution in [0.25, 0.3) is 0 Å². The summed E-state index contributed by atoms with van der Waals surface area (Å²) in [5.74, 6) is 5.23. The second kappa shape index (κ2) is 16.1. The molecule has 240 valence electrons. The number of hydrogen-bond acceptors (Lipinski definition) is 7. The molecule has 0 radical (unpaired) electrons. The van der Waals surface area contributed by atoms with Gasteiger partial charge in [-0.15, -0.1) is 0 Å². The van der Waals surface area contributed by atoms with Gasteiger partial charge in [0.15, 0.2) is 0 Å². The minimum absolute atomic E-state index is 0.148. The fraction of sp³-hybridized carbons (Fsp3) is 0.400. The van der Waals surface area contributed by atoms with Crippen molar-refractivity contribution in [2.24, 2.45) is 16.7 Å². The zero-order valence-corrected chi connectivity index (χ0v) is 26.8. The topological polar surface area (TPSA) is 138 Å². The highest BCUT2D eigenvalue weighted by atomic mass is 16.5. The first-order valence-corrected chi connectivity index (χ1v) is 15.7. The van der Waals surface area contributed by atoms with Crippen LogP contribution in [0.1, 0.15) is 68.3 Å². The molecule has 10 nitrogen and oxygen atoms in total. The number of nitrogens with one attached hydrogen (secondary N) is 2. The van der Waals surface area contributed by atoms with Crippen molar-refractivity contribution in [2.75, 3.05) is 19.6 Å². The zero-order chi connectivity index (χ0) is 32.3. The zero-order valence-electron chi connectivity index (χ0n) is 26.8. The average molecular weight is 614 g/mol. The molecule has 0 fully saturated rings. The van der Waals surface area contributed by atoms with Gasteiger partial charge in [0.2, 0.25) is 11.8 Å². The van der Waals surface area contributed by atoms with Crippen LogP contribution in [0, 0.1) is 0 Å². The van der Waals surface area contributed by atoms with Crippen LogP contribution in [0.3, 0.4) is 0 Å². The average Bonchev–Trinajstić information content (AvgIpc) is 3.04. The Labute approximate surface area is 266 Å². The molecule has 3 aromatic carbocycles. The summed E-state index contributed by atoms with van der Waals surface area (Å²) in [5, 5.41) is 7.03. The van der Waals surface area contributed by atoms with Crippen LogP contribution in [0.5, 0.6) is 5.75 Å². The van der Waals surface area contributed by atoms with Gasteiger partial charge in [-0.3, -0.25) is 14.5 Å². The van der Waals surface area contributed by atoms with Crippen molar-refractivity contribution in [2.45, 2.75) is 71.2 Å². The maximum atomic E-state index is 14.4. The lowest BCUT2D eigenvalue weighted by Gasteiger charge is -2.39. The number of amidine groups is 1. The van der Waals surface area contributed by atoms with E-state index in [0.29, 0.717) is 44.7 Å². The number of ether oxygens (including phenoxy) is 1. The first kappa shape index (κ1) is 33.5. The number of amides is 2. The number of carbonyl (C=O) groups is 2. The van der Waals surface area contributed by atoms with Gasteiger partial charge >= 0.3 is 0 Å². The van der Waals surface area contributed by atoms with Gasteiger partial charge in [0.25, 0.3) is 0 Å². The summed E-state index contributed by atoms with van der Waals surface area (Å²) in [4.78, 5) is 32.5. The van der Waals surface area contributed by atoms with Gasteiger partial charge < -0.3 is 20.7 Å². The van der Waals surface area contributed by atoms with Crippen molar-refractivity contribution in [1.82, 2.24) is 20.7 Å². The number of hydrazine groups is 1. The number of fused-ring (bicyclic) bond motifs is 1. The molecule has 0 spiro atoms. The fourth-order valence-electron chi connectivity index (χ4n) is 6.04. The molecule has 0 saturated carbocycles. The Morgan fingerprint density at radius 3 is 2.31 bits per heavy atom. The van der Waals surface area contributed by atoms with E-state index < -0.39 is 12.0 Å². The van der Waals surface area contributed by atoms with Crippen molar-refractivity contribution in [3.05, 3.63) is 101 Å². The Morgan fingerprint density at radius 2 is 1.67 bits per heavy atom. The van der Waals surface area contributed by atoms with Crippen LogP contribution in [0.4, 0.5) is 0 Å². The van der Waals surface area contributed by atoms with Crippen LogP contribution >= 0.6 is 0 Å². The number of carbonyl (C=O) groups excluding carboxylic acids is 2. The molecule has 1 heterocycles. The van der Waals surface area contributed by atoms with Gasteiger partial charge in [0, 0.05) is 38.1 Å². The van der Waals surface area contributed by atoms with E-state index in [2.05, 4.69) is 48.5 Å². The molecule has 0 aliphatic carbocycles. The Bertz CT molecular complexity index is 1420. The number of nitrogens with two attached hydrogens (primary N) is 2. The van der Waals surface area contributed by atoms with E-state index in [1.54, 1.807) is 4.90 Å². The predicted octanol–water partition coefficient (Wildman–Crippen LogP) is 3.84. The van der Waals surface area contributed by atoms with Crippen LogP contribution in [0.15, 0.2) is 84.0 Å². The summed E-state index contributed by atoms with van der Waals surface area (Å²) < 4.78 is 6.10. The second-order valence-corrected chi connectivity index (χ2v) is 11.9. The molecule has 1 aliphatic heterocycles. The van der Waals surface area contributed by atoms with Gasteiger partial charge in [-0.25, -0.2) is 11.4 Å². The molecule has 0 saturated heterocycles. The van der Waals surface area contributed by atoms with Crippen molar-refractivity contribution in [3.8, 4) is 5.75 Å². The molecule has 0 aromatic heterocycles. The third-order valence-corrected chi connectivity index (χ3v) is 8.24. The summed E-state index contributed by atoms with van der Waals surface area (Å²) in [7, 11) is 0. The van der Waals surface area contributed by atoms with Gasteiger partial charge in [-0.05, 0) is 68.5 Å². The summed E-state index contributed by atoms with van der Waals surface area (Å²) in [5.41, 5.74) is 12.0.